The largest absolute Gasteiger partial charge is 0.393 e. The van der Waals surface area contributed by atoms with E-state index in [1.165, 1.54) is 12.1 Å². The molecule has 1 aromatic rings. The summed E-state index contributed by atoms with van der Waals surface area (Å²) in [6, 6.07) is 4.08. The van der Waals surface area contributed by atoms with E-state index in [-0.39, 0.29) is 12.0 Å². The first-order valence-electron chi connectivity index (χ1n) is 5.27. The van der Waals surface area contributed by atoms with Gasteiger partial charge < -0.3 is 5.11 Å². The first kappa shape index (κ1) is 10.6. The van der Waals surface area contributed by atoms with Crippen molar-refractivity contribution in [1.82, 2.24) is 0 Å². The van der Waals surface area contributed by atoms with Crippen LogP contribution in [0.2, 0.25) is 0 Å². The molecule has 3 heteroatoms. The SMILES string of the molecule is OC(Cc1cccc(F)c1F)CC1CC1. The van der Waals surface area contributed by atoms with E-state index in [2.05, 4.69) is 0 Å². The van der Waals surface area contributed by atoms with Crippen LogP contribution in [0.15, 0.2) is 18.2 Å². The molecule has 82 valence electrons. The van der Waals surface area contributed by atoms with Gasteiger partial charge in [0.1, 0.15) is 0 Å². The lowest BCUT2D eigenvalue weighted by atomic mass is 10.0. The van der Waals surface area contributed by atoms with Gasteiger partial charge in [0.2, 0.25) is 0 Å². The molecule has 0 bridgehead atoms. The highest BCUT2D eigenvalue weighted by Gasteiger charge is 2.25. The Balaban J connectivity index is 1.99. The molecule has 0 saturated heterocycles. The second-order valence-corrected chi connectivity index (χ2v) is 4.25. The summed E-state index contributed by atoms with van der Waals surface area (Å²) in [6.07, 6.45) is 2.68. The third kappa shape index (κ3) is 2.75. The van der Waals surface area contributed by atoms with E-state index in [9.17, 15) is 13.9 Å². The topological polar surface area (TPSA) is 20.2 Å². The summed E-state index contributed by atoms with van der Waals surface area (Å²) in [7, 11) is 0. The zero-order valence-corrected chi connectivity index (χ0v) is 8.42. The number of benzene rings is 1. The smallest absolute Gasteiger partial charge is 0.162 e. The van der Waals surface area contributed by atoms with Crippen molar-refractivity contribution in [3.63, 3.8) is 0 Å². The van der Waals surface area contributed by atoms with Crippen molar-refractivity contribution >= 4 is 0 Å². The van der Waals surface area contributed by atoms with Crippen LogP contribution in [0.5, 0.6) is 0 Å². The van der Waals surface area contributed by atoms with Gasteiger partial charge in [-0.25, -0.2) is 8.78 Å². The van der Waals surface area contributed by atoms with Gasteiger partial charge in [-0.05, 0) is 24.0 Å². The fourth-order valence-electron chi connectivity index (χ4n) is 1.78. The highest BCUT2D eigenvalue weighted by Crippen LogP contribution is 2.34. The average Bonchev–Trinajstić information content (AvgIpc) is 2.97. The van der Waals surface area contributed by atoms with Gasteiger partial charge in [-0.1, -0.05) is 25.0 Å². The Bertz CT molecular complexity index is 347. The molecule has 15 heavy (non-hydrogen) atoms. The number of hydrogen-bond acceptors (Lipinski definition) is 1. The molecular weight excluding hydrogens is 198 g/mol. The van der Waals surface area contributed by atoms with Gasteiger partial charge >= 0.3 is 0 Å². The molecule has 0 radical (unpaired) electrons. The number of halogens is 2. The van der Waals surface area contributed by atoms with Gasteiger partial charge in [0, 0.05) is 6.42 Å². The van der Waals surface area contributed by atoms with Crippen LogP contribution in [0, 0.1) is 17.6 Å². The standard InChI is InChI=1S/C12H14F2O/c13-11-3-1-2-9(12(11)14)7-10(15)6-8-4-5-8/h1-3,8,10,15H,4-7H2. The summed E-state index contributed by atoms with van der Waals surface area (Å²) in [5.41, 5.74) is 0.267. The molecule has 0 aromatic heterocycles. The molecule has 1 unspecified atom stereocenters. The second-order valence-electron chi connectivity index (χ2n) is 4.25. The molecule has 0 heterocycles. The van der Waals surface area contributed by atoms with E-state index in [1.807, 2.05) is 0 Å². The molecule has 1 saturated carbocycles. The molecule has 0 amide bonds. The highest BCUT2D eigenvalue weighted by atomic mass is 19.2. The van der Waals surface area contributed by atoms with Crippen molar-refractivity contribution in [3.8, 4) is 0 Å². The fourth-order valence-corrected chi connectivity index (χ4v) is 1.78. The minimum absolute atomic E-state index is 0.208. The van der Waals surface area contributed by atoms with E-state index in [0.29, 0.717) is 12.3 Å². The van der Waals surface area contributed by atoms with Crippen molar-refractivity contribution in [1.29, 1.82) is 0 Å². The molecule has 0 aliphatic heterocycles. The van der Waals surface area contributed by atoms with E-state index < -0.39 is 17.7 Å². The Labute approximate surface area is 87.7 Å². The van der Waals surface area contributed by atoms with Crippen molar-refractivity contribution in [2.45, 2.75) is 31.8 Å². The monoisotopic (exact) mass is 212 g/mol. The average molecular weight is 212 g/mol. The number of rotatable bonds is 4. The number of aliphatic hydroxyl groups excluding tert-OH is 1. The van der Waals surface area contributed by atoms with E-state index in [0.717, 1.165) is 18.9 Å². The maximum Gasteiger partial charge on any atom is 0.162 e. The summed E-state index contributed by atoms with van der Waals surface area (Å²) in [4.78, 5) is 0. The maximum absolute atomic E-state index is 13.2. The molecule has 1 nitrogen and oxygen atoms in total. The molecule has 1 atom stereocenters. The Hall–Kier alpha value is -0.960. The lowest BCUT2D eigenvalue weighted by molar-refractivity contribution is 0.156. The molecule has 0 spiro atoms. The summed E-state index contributed by atoms with van der Waals surface area (Å²) in [5.74, 6) is -1.07. The van der Waals surface area contributed by atoms with Crippen LogP contribution in [-0.2, 0) is 6.42 Å². The van der Waals surface area contributed by atoms with Gasteiger partial charge in [0.25, 0.3) is 0 Å². The van der Waals surface area contributed by atoms with Gasteiger partial charge in [0.15, 0.2) is 11.6 Å². The summed E-state index contributed by atoms with van der Waals surface area (Å²) >= 11 is 0. The van der Waals surface area contributed by atoms with Crippen LogP contribution in [0.4, 0.5) is 8.78 Å². The van der Waals surface area contributed by atoms with Crippen LogP contribution in [0.25, 0.3) is 0 Å². The van der Waals surface area contributed by atoms with E-state index in [4.69, 9.17) is 0 Å². The fraction of sp³-hybridized carbons (Fsp3) is 0.500. The lowest BCUT2D eigenvalue weighted by Gasteiger charge is -2.10. The Morgan fingerprint density at radius 1 is 1.33 bits per heavy atom. The van der Waals surface area contributed by atoms with Crippen molar-refractivity contribution in [3.05, 3.63) is 35.4 Å². The maximum atomic E-state index is 13.2. The predicted molar refractivity (Wildman–Crippen MR) is 53.4 cm³/mol. The van der Waals surface area contributed by atoms with Crippen LogP contribution < -0.4 is 0 Å². The van der Waals surface area contributed by atoms with Gasteiger partial charge in [-0.3, -0.25) is 0 Å². The Morgan fingerprint density at radius 2 is 2.07 bits per heavy atom. The molecule has 1 aliphatic rings. The molecule has 1 aromatic carbocycles. The first-order chi connectivity index (χ1) is 7.16. The molecule has 2 rings (SSSR count). The van der Waals surface area contributed by atoms with Gasteiger partial charge in [-0.15, -0.1) is 0 Å². The molecule has 1 N–H and O–H groups in total. The van der Waals surface area contributed by atoms with Gasteiger partial charge in [-0.2, -0.15) is 0 Å². The number of hydrogen-bond donors (Lipinski definition) is 1. The molecular formula is C12H14F2O. The zero-order chi connectivity index (χ0) is 10.8. The van der Waals surface area contributed by atoms with Crippen LogP contribution >= 0.6 is 0 Å². The summed E-state index contributed by atoms with van der Waals surface area (Å²) in [6.45, 7) is 0. The van der Waals surface area contributed by atoms with Crippen LogP contribution in [0.1, 0.15) is 24.8 Å². The highest BCUT2D eigenvalue weighted by molar-refractivity contribution is 5.19. The molecule has 1 aliphatic carbocycles. The second kappa shape index (κ2) is 4.27. The first-order valence-corrected chi connectivity index (χ1v) is 5.27. The van der Waals surface area contributed by atoms with Gasteiger partial charge in [0.05, 0.1) is 6.10 Å². The van der Waals surface area contributed by atoms with Crippen LogP contribution in [-0.4, -0.2) is 11.2 Å². The normalized spacial score (nSPS) is 17.8. The van der Waals surface area contributed by atoms with E-state index >= 15 is 0 Å². The van der Waals surface area contributed by atoms with Crippen molar-refractivity contribution in [2.24, 2.45) is 5.92 Å². The third-order valence-electron chi connectivity index (χ3n) is 2.79. The van der Waals surface area contributed by atoms with Crippen molar-refractivity contribution in [2.75, 3.05) is 0 Å². The summed E-state index contributed by atoms with van der Waals surface area (Å²) < 4.78 is 26.1. The minimum Gasteiger partial charge on any atom is -0.393 e. The third-order valence-corrected chi connectivity index (χ3v) is 2.79. The lowest BCUT2D eigenvalue weighted by Crippen LogP contribution is -2.12. The van der Waals surface area contributed by atoms with Crippen LogP contribution in [0.3, 0.4) is 0 Å². The van der Waals surface area contributed by atoms with E-state index in [1.54, 1.807) is 0 Å². The minimum atomic E-state index is -0.842. The summed E-state index contributed by atoms with van der Waals surface area (Å²) in [5, 5.41) is 9.64. The number of aliphatic hydroxyl groups is 1. The zero-order valence-electron chi connectivity index (χ0n) is 8.42. The van der Waals surface area contributed by atoms with Crippen molar-refractivity contribution < 1.29 is 13.9 Å². The quantitative estimate of drug-likeness (QED) is 0.813. The predicted octanol–water partition coefficient (Wildman–Crippen LogP) is 2.67. The Morgan fingerprint density at radius 3 is 2.73 bits per heavy atom. The molecule has 1 fully saturated rings. The Kier molecular flexibility index (Phi) is 3.00.